The van der Waals surface area contributed by atoms with Crippen molar-refractivity contribution in [3.63, 3.8) is 0 Å². The monoisotopic (exact) mass is 505 g/mol. The number of aliphatic carboxylic acids is 1. The van der Waals surface area contributed by atoms with Crippen molar-refractivity contribution in [3.8, 4) is 11.5 Å². The van der Waals surface area contributed by atoms with Gasteiger partial charge in [0.15, 0.2) is 0 Å². The van der Waals surface area contributed by atoms with Crippen molar-refractivity contribution >= 4 is 11.9 Å². The summed E-state index contributed by atoms with van der Waals surface area (Å²) in [6.45, 7) is 0.591. The summed E-state index contributed by atoms with van der Waals surface area (Å²) in [6, 6.07) is 10.9. The lowest BCUT2D eigenvalue weighted by Crippen LogP contribution is -2.32. The van der Waals surface area contributed by atoms with Gasteiger partial charge in [-0.25, -0.2) is 0 Å². The zero-order valence-corrected chi connectivity index (χ0v) is 19.8. The lowest BCUT2D eigenvalue weighted by molar-refractivity contribution is -0.138. The molecule has 6 nitrogen and oxygen atoms in total. The highest BCUT2D eigenvalue weighted by Gasteiger charge is 2.30. The zero-order chi connectivity index (χ0) is 26.1. The summed E-state index contributed by atoms with van der Waals surface area (Å²) in [5.41, 5.74) is -0.216. The first kappa shape index (κ1) is 27.3. The van der Waals surface area contributed by atoms with E-state index < -0.39 is 23.8 Å². The Bertz CT molecular complexity index is 1050. The van der Waals surface area contributed by atoms with Gasteiger partial charge in [-0.1, -0.05) is 37.1 Å². The van der Waals surface area contributed by atoms with Gasteiger partial charge in [-0.05, 0) is 61.2 Å². The minimum atomic E-state index is -4.42. The fourth-order valence-electron chi connectivity index (χ4n) is 4.11. The molecule has 1 aliphatic heterocycles. The van der Waals surface area contributed by atoms with Gasteiger partial charge in [0.1, 0.15) is 11.5 Å². The lowest BCUT2D eigenvalue weighted by Gasteiger charge is -2.22. The summed E-state index contributed by atoms with van der Waals surface area (Å²) >= 11 is 0. The number of alkyl halides is 3. The Labute approximate surface area is 208 Å². The van der Waals surface area contributed by atoms with Gasteiger partial charge < -0.3 is 19.8 Å². The number of carbonyl (C=O) groups is 2. The van der Waals surface area contributed by atoms with Crippen molar-refractivity contribution in [3.05, 3.63) is 71.8 Å². The number of rotatable bonds is 12. The molecular formula is C27H30F3NO5. The molecule has 9 heteroatoms. The van der Waals surface area contributed by atoms with E-state index in [1.54, 1.807) is 35.2 Å². The van der Waals surface area contributed by atoms with Gasteiger partial charge in [-0.15, -0.1) is 0 Å². The van der Waals surface area contributed by atoms with Crippen LogP contribution in [0.2, 0.25) is 0 Å². The fraction of sp³-hybridized carbons (Fsp3) is 0.407. The quantitative estimate of drug-likeness (QED) is 0.268. The Morgan fingerprint density at radius 2 is 1.81 bits per heavy atom. The molecule has 2 atom stereocenters. The van der Waals surface area contributed by atoms with Crippen LogP contribution in [0.25, 0.3) is 0 Å². The molecule has 2 aromatic rings. The standard InChI is InChI=1S/C27H30F3NO5/c28-27(29,30)20-9-13-22(14-10-20)36-23-7-5-6-19(18-23)24(32)15-11-21-12-16-25(33)31(21)17-4-2-1-3-8-26(34)35/h5-7,9-11,13-15,18,21,24,32H,1-4,8,12,16-17H2,(H,34,35)/t21?,24-/m1/s1. The minimum absolute atomic E-state index is 0.0663. The van der Waals surface area contributed by atoms with E-state index in [4.69, 9.17) is 9.84 Å². The summed E-state index contributed by atoms with van der Waals surface area (Å²) in [6.07, 6.45) is 2.42. The Morgan fingerprint density at radius 1 is 1.08 bits per heavy atom. The third kappa shape index (κ3) is 8.12. The molecule has 1 aliphatic rings. The highest BCUT2D eigenvalue weighted by atomic mass is 19.4. The molecular weight excluding hydrogens is 475 g/mol. The normalized spacial score (nSPS) is 17.1. The summed E-state index contributed by atoms with van der Waals surface area (Å²) in [5, 5.41) is 19.3. The van der Waals surface area contributed by atoms with Crippen molar-refractivity contribution < 1.29 is 37.7 Å². The van der Waals surface area contributed by atoms with Crippen molar-refractivity contribution in [1.82, 2.24) is 4.90 Å². The topological polar surface area (TPSA) is 87.1 Å². The molecule has 1 fully saturated rings. The van der Waals surface area contributed by atoms with Gasteiger partial charge in [0, 0.05) is 19.4 Å². The second-order valence-corrected chi connectivity index (χ2v) is 8.78. The molecule has 0 bridgehead atoms. The number of nitrogens with zero attached hydrogens (tertiary/aromatic N) is 1. The highest BCUT2D eigenvalue weighted by Crippen LogP contribution is 2.32. The molecule has 2 aromatic carbocycles. The molecule has 1 amide bonds. The number of carboxylic acid groups (broad SMARTS) is 1. The van der Waals surface area contributed by atoms with E-state index in [1.165, 1.54) is 12.1 Å². The summed E-state index contributed by atoms with van der Waals surface area (Å²) in [7, 11) is 0. The van der Waals surface area contributed by atoms with E-state index in [0.717, 1.165) is 31.4 Å². The summed E-state index contributed by atoms with van der Waals surface area (Å²) in [4.78, 5) is 24.6. The van der Waals surface area contributed by atoms with Gasteiger partial charge >= 0.3 is 12.1 Å². The van der Waals surface area contributed by atoms with Crippen LogP contribution in [0.5, 0.6) is 11.5 Å². The van der Waals surface area contributed by atoms with E-state index in [1.807, 2.05) is 6.08 Å². The maximum absolute atomic E-state index is 12.7. The molecule has 194 valence electrons. The average molecular weight is 506 g/mol. The number of amides is 1. The first-order chi connectivity index (χ1) is 17.1. The van der Waals surface area contributed by atoms with E-state index in [9.17, 15) is 27.9 Å². The number of halogens is 3. The van der Waals surface area contributed by atoms with E-state index in [0.29, 0.717) is 37.1 Å². The predicted molar refractivity (Wildman–Crippen MR) is 128 cm³/mol. The second-order valence-electron chi connectivity index (χ2n) is 8.78. The molecule has 1 saturated heterocycles. The minimum Gasteiger partial charge on any atom is -0.481 e. The maximum atomic E-state index is 12.7. The fourth-order valence-corrected chi connectivity index (χ4v) is 4.11. The van der Waals surface area contributed by atoms with Crippen LogP contribution in [0.4, 0.5) is 13.2 Å². The van der Waals surface area contributed by atoms with Gasteiger partial charge in [0.25, 0.3) is 0 Å². The third-order valence-electron chi connectivity index (χ3n) is 6.05. The van der Waals surface area contributed by atoms with Crippen molar-refractivity contribution in [1.29, 1.82) is 0 Å². The molecule has 0 radical (unpaired) electrons. The Balaban J connectivity index is 1.54. The number of benzene rings is 2. The summed E-state index contributed by atoms with van der Waals surface area (Å²) in [5.74, 6) is -0.115. The van der Waals surface area contributed by atoms with Crippen LogP contribution in [-0.2, 0) is 15.8 Å². The number of likely N-dealkylation sites (tertiary alicyclic amines) is 1. The molecule has 36 heavy (non-hydrogen) atoms. The Hall–Kier alpha value is -3.33. The second kappa shape index (κ2) is 12.6. The molecule has 3 rings (SSSR count). The number of carboxylic acids is 1. The maximum Gasteiger partial charge on any atom is 0.416 e. The number of ether oxygens (including phenoxy) is 1. The first-order valence-electron chi connectivity index (χ1n) is 12.0. The number of aliphatic hydroxyl groups is 1. The van der Waals surface area contributed by atoms with Crippen LogP contribution in [0.15, 0.2) is 60.7 Å². The summed E-state index contributed by atoms with van der Waals surface area (Å²) < 4.78 is 43.8. The first-order valence-corrected chi connectivity index (χ1v) is 12.0. The molecule has 0 spiro atoms. The number of carbonyl (C=O) groups excluding carboxylic acids is 1. The lowest BCUT2D eigenvalue weighted by atomic mass is 10.1. The van der Waals surface area contributed by atoms with Gasteiger partial charge in [-0.2, -0.15) is 13.2 Å². The molecule has 1 heterocycles. The molecule has 2 N–H and O–H groups in total. The molecule has 0 aromatic heterocycles. The molecule has 0 saturated carbocycles. The largest absolute Gasteiger partial charge is 0.481 e. The van der Waals surface area contributed by atoms with E-state index >= 15 is 0 Å². The van der Waals surface area contributed by atoms with E-state index in [-0.39, 0.29) is 24.1 Å². The smallest absolute Gasteiger partial charge is 0.416 e. The van der Waals surface area contributed by atoms with Crippen molar-refractivity contribution in [2.75, 3.05) is 6.54 Å². The van der Waals surface area contributed by atoms with Crippen molar-refractivity contribution in [2.45, 2.75) is 63.3 Å². The highest BCUT2D eigenvalue weighted by molar-refractivity contribution is 5.79. The molecule has 1 unspecified atom stereocenters. The SMILES string of the molecule is O=C(O)CCCCCCN1C(=O)CCC1C=C[C@@H](O)c1cccc(Oc2ccc(C(F)(F)F)cc2)c1. The van der Waals surface area contributed by atoms with Crippen LogP contribution in [0.3, 0.4) is 0 Å². The van der Waals surface area contributed by atoms with Crippen LogP contribution < -0.4 is 4.74 Å². The molecule has 0 aliphatic carbocycles. The van der Waals surface area contributed by atoms with Crippen LogP contribution in [0.1, 0.15) is 62.2 Å². The van der Waals surface area contributed by atoms with Crippen LogP contribution >= 0.6 is 0 Å². The Morgan fingerprint density at radius 3 is 2.50 bits per heavy atom. The zero-order valence-electron chi connectivity index (χ0n) is 19.8. The Kier molecular flexibility index (Phi) is 9.52. The van der Waals surface area contributed by atoms with Gasteiger partial charge in [0.2, 0.25) is 5.91 Å². The number of unbranched alkanes of at least 4 members (excludes halogenated alkanes) is 3. The van der Waals surface area contributed by atoms with Gasteiger partial charge in [0.05, 0.1) is 17.7 Å². The van der Waals surface area contributed by atoms with Crippen molar-refractivity contribution in [2.24, 2.45) is 0 Å². The average Bonchev–Trinajstić information content (AvgIpc) is 3.18. The van der Waals surface area contributed by atoms with Gasteiger partial charge in [-0.3, -0.25) is 9.59 Å². The van der Waals surface area contributed by atoms with E-state index in [2.05, 4.69) is 0 Å². The number of aliphatic hydroxyl groups excluding tert-OH is 1. The predicted octanol–water partition coefficient (Wildman–Crippen LogP) is 6.11. The number of hydrogen-bond acceptors (Lipinski definition) is 4. The number of hydrogen-bond donors (Lipinski definition) is 2. The van der Waals surface area contributed by atoms with Crippen LogP contribution in [0, 0.1) is 0 Å². The third-order valence-corrected chi connectivity index (χ3v) is 6.05. The van der Waals surface area contributed by atoms with Crippen LogP contribution in [-0.4, -0.2) is 39.6 Å².